The number of para-hydroxylation sites is 1. The van der Waals surface area contributed by atoms with E-state index in [0.717, 1.165) is 18.6 Å². The van der Waals surface area contributed by atoms with E-state index in [2.05, 4.69) is 0 Å². The van der Waals surface area contributed by atoms with E-state index in [4.69, 9.17) is 9.88 Å². The molecule has 6 nitrogen and oxygen atoms in total. The van der Waals surface area contributed by atoms with Gasteiger partial charge in [-0.2, -0.15) is 13.2 Å². The molecule has 0 heterocycles. The molecule has 186 valence electrons. The number of hydrogen-bond acceptors (Lipinski definition) is 4. The zero-order valence-corrected chi connectivity index (χ0v) is 19.8. The van der Waals surface area contributed by atoms with Crippen molar-refractivity contribution in [1.29, 1.82) is 0 Å². The van der Waals surface area contributed by atoms with Gasteiger partial charge in [-0.15, -0.1) is 0 Å². The number of sulfonamides is 1. The summed E-state index contributed by atoms with van der Waals surface area (Å²) < 4.78 is 68.8. The molecular formula is C25H25F3N2O4S. The van der Waals surface area contributed by atoms with Crippen molar-refractivity contribution in [3.05, 3.63) is 83.9 Å². The van der Waals surface area contributed by atoms with Crippen LogP contribution < -0.4 is 9.88 Å². The van der Waals surface area contributed by atoms with Crippen LogP contribution in [0.15, 0.2) is 77.7 Å². The Hall–Kier alpha value is -3.37. The SMILES string of the molecule is CCCCN(Cc1ccc(-c2ccccc2S(N)(=O)=O)cc1)C(=O)Oc1ccccc1C(F)(F)F. The van der Waals surface area contributed by atoms with Gasteiger partial charge in [0.15, 0.2) is 0 Å². The number of rotatable bonds is 8. The average molecular weight is 507 g/mol. The monoisotopic (exact) mass is 506 g/mol. The van der Waals surface area contributed by atoms with Crippen molar-refractivity contribution in [2.24, 2.45) is 5.14 Å². The number of primary sulfonamides is 1. The normalized spacial score (nSPS) is 11.8. The number of benzene rings is 3. The van der Waals surface area contributed by atoms with Gasteiger partial charge in [0, 0.05) is 18.7 Å². The van der Waals surface area contributed by atoms with Gasteiger partial charge >= 0.3 is 12.3 Å². The first-order valence-corrected chi connectivity index (χ1v) is 12.4. The number of halogens is 3. The van der Waals surface area contributed by atoms with Crippen LogP contribution in [0.5, 0.6) is 5.75 Å². The molecule has 0 saturated carbocycles. The van der Waals surface area contributed by atoms with E-state index in [0.29, 0.717) is 29.7 Å². The maximum atomic E-state index is 13.3. The highest BCUT2D eigenvalue weighted by atomic mass is 32.2. The Bertz CT molecular complexity index is 1280. The molecule has 0 spiro atoms. The molecule has 0 aliphatic carbocycles. The number of nitrogens with zero attached hydrogens (tertiary/aromatic N) is 1. The van der Waals surface area contributed by atoms with Gasteiger partial charge in [-0.1, -0.05) is 67.9 Å². The molecule has 0 atom stereocenters. The quantitative estimate of drug-likeness (QED) is 0.417. The van der Waals surface area contributed by atoms with Crippen LogP contribution in [0.2, 0.25) is 0 Å². The van der Waals surface area contributed by atoms with E-state index >= 15 is 0 Å². The minimum Gasteiger partial charge on any atom is -0.410 e. The lowest BCUT2D eigenvalue weighted by Gasteiger charge is -2.23. The molecule has 2 N–H and O–H groups in total. The van der Waals surface area contributed by atoms with Gasteiger partial charge in [-0.05, 0) is 35.7 Å². The van der Waals surface area contributed by atoms with Gasteiger partial charge in [0.25, 0.3) is 0 Å². The van der Waals surface area contributed by atoms with Crippen molar-refractivity contribution in [3.8, 4) is 16.9 Å². The third kappa shape index (κ3) is 6.83. The summed E-state index contributed by atoms with van der Waals surface area (Å²) in [4.78, 5) is 14.1. The third-order valence-corrected chi connectivity index (χ3v) is 6.23. The molecule has 0 fully saturated rings. The Morgan fingerprint density at radius 2 is 1.60 bits per heavy atom. The first-order chi connectivity index (χ1) is 16.5. The molecule has 0 bridgehead atoms. The number of carbonyl (C=O) groups is 1. The second-order valence-electron chi connectivity index (χ2n) is 7.88. The Morgan fingerprint density at radius 1 is 0.971 bits per heavy atom. The standard InChI is InChI=1S/C25H25F3N2O4S/c1-2-3-16-30(24(31)34-22-10-6-5-9-21(22)25(26,27)28)17-18-12-14-19(15-13-18)20-8-4-7-11-23(20)35(29,32)33/h4-15H,2-3,16-17H2,1H3,(H2,29,32,33). The van der Waals surface area contributed by atoms with Crippen molar-refractivity contribution in [1.82, 2.24) is 4.90 Å². The Kier molecular flexibility index (Phi) is 8.18. The average Bonchev–Trinajstić information content (AvgIpc) is 2.81. The maximum absolute atomic E-state index is 13.3. The molecule has 35 heavy (non-hydrogen) atoms. The van der Waals surface area contributed by atoms with Crippen molar-refractivity contribution in [3.63, 3.8) is 0 Å². The number of nitrogens with two attached hydrogens (primary N) is 1. The molecule has 0 saturated heterocycles. The Balaban J connectivity index is 1.82. The minimum absolute atomic E-state index is 0.00997. The fraction of sp³-hybridized carbons (Fsp3) is 0.240. The summed E-state index contributed by atoms with van der Waals surface area (Å²) in [5, 5.41) is 5.32. The molecule has 3 rings (SSSR count). The van der Waals surface area contributed by atoms with Gasteiger partial charge < -0.3 is 9.64 Å². The highest BCUT2D eigenvalue weighted by Crippen LogP contribution is 2.36. The van der Waals surface area contributed by atoms with Crippen LogP contribution in [0, 0.1) is 0 Å². The van der Waals surface area contributed by atoms with Crippen molar-refractivity contribution >= 4 is 16.1 Å². The van der Waals surface area contributed by atoms with E-state index < -0.39 is 33.6 Å². The van der Waals surface area contributed by atoms with Crippen LogP contribution in [0.25, 0.3) is 11.1 Å². The number of unbranched alkanes of at least 4 members (excludes halogenated alkanes) is 1. The summed E-state index contributed by atoms with van der Waals surface area (Å²) in [5.41, 5.74) is 0.716. The predicted molar refractivity (Wildman–Crippen MR) is 126 cm³/mol. The Labute approximate surface area is 202 Å². The van der Waals surface area contributed by atoms with Crippen molar-refractivity contribution in [2.45, 2.75) is 37.4 Å². The third-order valence-electron chi connectivity index (χ3n) is 5.26. The zero-order chi connectivity index (χ0) is 25.6. The second-order valence-corrected chi connectivity index (χ2v) is 9.40. The smallest absolute Gasteiger partial charge is 0.410 e. The van der Waals surface area contributed by atoms with Gasteiger partial charge in [0.05, 0.1) is 10.5 Å². The highest BCUT2D eigenvalue weighted by Gasteiger charge is 2.35. The molecule has 10 heteroatoms. The van der Waals surface area contributed by atoms with Gasteiger partial charge in [0.1, 0.15) is 5.75 Å². The summed E-state index contributed by atoms with van der Waals surface area (Å²) in [7, 11) is -3.93. The second kappa shape index (κ2) is 10.9. The van der Waals surface area contributed by atoms with Crippen LogP contribution in [-0.2, 0) is 22.7 Å². The fourth-order valence-electron chi connectivity index (χ4n) is 3.50. The molecule has 3 aromatic rings. The molecule has 1 amide bonds. The summed E-state index contributed by atoms with van der Waals surface area (Å²) in [6, 6.07) is 17.7. The zero-order valence-electron chi connectivity index (χ0n) is 19.0. The maximum Gasteiger partial charge on any atom is 0.419 e. The van der Waals surface area contributed by atoms with E-state index in [9.17, 15) is 26.4 Å². The predicted octanol–water partition coefficient (Wildman–Crippen LogP) is 5.82. The van der Waals surface area contributed by atoms with Gasteiger partial charge in [-0.25, -0.2) is 18.4 Å². The van der Waals surface area contributed by atoms with E-state index in [1.165, 1.54) is 23.1 Å². The molecule has 0 unspecified atom stereocenters. The number of carbonyl (C=O) groups excluding carboxylic acids is 1. The summed E-state index contributed by atoms with van der Waals surface area (Å²) in [6.45, 7) is 2.32. The molecule has 3 aromatic carbocycles. The topological polar surface area (TPSA) is 89.7 Å². The number of hydrogen-bond donors (Lipinski definition) is 1. The number of ether oxygens (including phenoxy) is 1. The molecular weight excluding hydrogens is 481 g/mol. The first kappa shape index (κ1) is 26.2. The lowest BCUT2D eigenvalue weighted by Crippen LogP contribution is -2.34. The minimum atomic E-state index is -4.66. The highest BCUT2D eigenvalue weighted by molar-refractivity contribution is 7.89. The fourth-order valence-corrected chi connectivity index (χ4v) is 4.26. The van der Waals surface area contributed by atoms with Crippen LogP contribution in [-0.4, -0.2) is 26.0 Å². The molecule has 0 aliphatic heterocycles. The van der Waals surface area contributed by atoms with E-state index in [1.54, 1.807) is 42.5 Å². The first-order valence-electron chi connectivity index (χ1n) is 10.8. The molecule has 0 radical (unpaired) electrons. The van der Waals surface area contributed by atoms with Crippen molar-refractivity contribution < 1.29 is 31.1 Å². The number of alkyl halides is 3. The molecule has 0 aliphatic rings. The van der Waals surface area contributed by atoms with E-state index in [1.807, 2.05) is 6.92 Å². The lowest BCUT2D eigenvalue weighted by atomic mass is 10.0. The van der Waals surface area contributed by atoms with Crippen LogP contribution in [0.1, 0.15) is 30.9 Å². The summed E-state index contributed by atoms with van der Waals surface area (Å²) >= 11 is 0. The van der Waals surface area contributed by atoms with Crippen LogP contribution in [0.3, 0.4) is 0 Å². The van der Waals surface area contributed by atoms with Gasteiger partial charge in [-0.3, -0.25) is 0 Å². The van der Waals surface area contributed by atoms with E-state index in [-0.39, 0.29) is 11.4 Å². The largest absolute Gasteiger partial charge is 0.419 e. The lowest BCUT2D eigenvalue weighted by molar-refractivity contribution is -0.138. The molecule has 0 aromatic heterocycles. The van der Waals surface area contributed by atoms with Gasteiger partial charge in [0.2, 0.25) is 10.0 Å². The Morgan fingerprint density at radius 3 is 2.23 bits per heavy atom. The van der Waals surface area contributed by atoms with Crippen LogP contribution in [0.4, 0.5) is 18.0 Å². The van der Waals surface area contributed by atoms with Crippen molar-refractivity contribution in [2.75, 3.05) is 6.54 Å². The van der Waals surface area contributed by atoms with Crippen LogP contribution >= 0.6 is 0 Å². The summed E-state index contributed by atoms with van der Waals surface area (Å²) in [5.74, 6) is -0.554. The summed E-state index contributed by atoms with van der Waals surface area (Å²) in [6.07, 6.45) is -4.14. The number of amides is 1.